The van der Waals surface area contributed by atoms with Gasteiger partial charge in [0.05, 0.1) is 0 Å². The summed E-state index contributed by atoms with van der Waals surface area (Å²) in [5, 5.41) is 3.54. The lowest BCUT2D eigenvalue weighted by Gasteiger charge is -2.14. The van der Waals surface area contributed by atoms with Crippen LogP contribution in [0.4, 0.5) is 0 Å². The van der Waals surface area contributed by atoms with Crippen LogP contribution in [-0.4, -0.2) is 35.6 Å². The number of likely N-dealkylation sites (tertiary alicyclic amines) is 1. The summed E-state index contributed by atoms with van der Waals surface area (Å²) in [6.07, 6.45) is 6.23. The van der Waals surface area contributed by atoms with Gasteiger partial charge in [0.1, 0.15) is 0 Å². The quantitative estimate of drug-likeness (QED) is 0.730. The number of aromatic nitrogens is 1. The Morgan fingerprint density at radius 2 is 2.12 bits per heavy atom. The standard InChI is InChI=1S/C14H25N3/c1-2-17-12-5-7-14(17)13-15-8-6-11-16-9-3-4-10-16/h5,7,12,15H,2-4,6,8-11,13H2,1H3. The van der Waals surface area contributed by atoms with Gasteiger partial charge in [-0.2, -0.15) is 0 Å². The molecule has 1 fully saturated rings. The predicted octanol–water partition coefficient (Wildman–Crippen LogP) is 2.08. The van der Waals surface area contributed by atoms with Crippen molar-refractivity contribution in [2.24, 2.45) is 0 Å². The molecule has 1 saturated heterocycles. The number of nitrogens with zero attached hydrogens (tertiary/aromatic N) is 2. The first-order valence-corrected chi connectivity index (χ1v) is 6.97. The highest BCUT2D eigenvalue weighted by Gasteiger charge is 2.09. The van der Waals surface area contributed by atoms with E-state index < -0.39 is 0 Å². The van der Waals surface area contributed by atoms with Crippen LogP contribution in [0.1, 0.15) is 31.9 Å². The third-order valence-corrected chi connectivity index (χ3v) is 3.60. The van der Waals surface area contributed by atoms with E-state index in [1.165, 1.54) is 44.6 Å². The molecule has 1 aliphatic heterocycles. The van der Waals surface area contributed by atoms with Crippen molar-refractivity contribution in [3.05, 3.63) is 24.0 Å². The predicted molar refractivity (Wildman–Crippen MR) is 72.1 cm³/mol. The molecule has 0 atom stereocenters. The van der Waals surface area contributed by atoms with Crippen LogP contribution in [0, 0.1) is 0 Å². The molecule has 2 heterocycles. The van der Waals surface area contributed by atoms with Crippen LogP contribution >= 0.6 is 0 Å². The van der Waals surface area contributed by atoms with E-state index in [0.29, 0.717) is 0 Å². The zero-order valence-corrected chi connectivity index (χ0v) is 11.0. The van der Waals surface area contributed by atoms with E-state index in [2.05, 4.69) is 40.0 Å². The zero-order valence-electron chi connectivity index (χ0n) is 11.0. The van der Waals surface area contributed by atoms with Gasteiger partial charge in [0.15, 0.2) is 0 Å². The molecule has 0 unspecified atom stereocenters. The second-order valence-electron chi connectivity index (χ2n) is 4.86. The Balaban J connectivity index is 1.56. The molecule has 0 radical (unpaired) electrons. The summed E-state index contributed by atoms with van der Waals surface area (Å²) in [6, 6.07) is 4.34. The van der Waals surface area contributed by atoms with Gasteiger partial charge >= 0.3 is 0 Å². The number of hydrogen-bond acceptors (Lipinski definition) is 2. The third-order valence-electron chi connectivity index (χ3n) is 3.60. The van der Waals surface area contributed by atoms with Gasteiger partial charge in [-0.25, -0.2) is 0 Å². The van der Waals surface area contributed by atoms with Gasteiger partial charge in [0.25, 0.3) is 0 Å². The highest BCUT2D eigenvalue weighted by Crippen LogP contribution is 2.07. The largest absolute Gasteiger partial charge is 0.351 e. The Morgan fingerprint density at radius 1 is 1.29 bits per heavy atom. The van der Waals surface area contributed by atoms with Crippen LogP contribution in [0.15, 0.2) is 18.3 Å². The first-order valence-electron chi connectivity index (χ1n) is 6.97. The van der Waals surface area contributed by atoms with E-state index in [0.717, 1.165) is 19.6 Å². The molecule has 1 aliphatic rings. The van der Waals surface area contributed by atoms with Crippen LogP contribution in [0.25, 0.3) is 0 Å². The summed E-state index contributed by atoms with van der Waals surface area (Å²) in [5.74, 6) is 0. The summed E-state index contributed by atoms with van der Waals surface area (Å²) in [6.45, 7) is 9.29. The zero-order chi connectivity index (χ0) is 11.9. The van der Waals surface area contributed by atoms with E-state index in [1.807, 2.05) is 0 Å². The molecule has 3 nitrogen and oxygen atoms in total. The average Bonchev–Trinajstić information content (AvgIpc) is 2.98. The number of rotatable bonds is 7. The molecular formula is C14H25N3. The molecule has 1 N–H and O–H groups in total. The van der Waals surface area contributed by atoms with Gasteiger partial charge in [-0.3, -0.25) is 0 Å². The summed E-state index contributed by atoms with van der Waals surface area (Å²) in [5.41, 5.74) is 1.40. The average molecular weight is 235 g/mol. The van der Waals surface area contributed by atoms with Crippen molar-refractivity contribution >= 4 is 0 Å². The second-order valence-corrected chi connectivity index (χ2v) is 4.86. The Kier molecular flexibility index (Phi) is 5.08. The molecule has 0 saturated carbocycles. The number of nitrogens with one attached hydrogen (secondary N) is 1. The van der Waals surface area contributed by atoms with Gasteiger partial charge in [-0.15, -0.1) is 0 Å². The first-order chi connectivity index (χ1) is 8.40. The van der Waals surface area contributed by atoms with Crippen molar-refractivity contribution in [2.45, 2.75) is 39.3 Å². The Labute approximate surface area is 105 Å². The summed E-state index contributed by atoms with van der Waals surface area (Å²) in [4.78, 5) is 2.58. The van der Waals surface area contributed by atoms with Gasteiger partial charge in [0, 0.05) is 25.0 Å². The number of aryl methyl sites for hydroxylation is 1. The Hall–Kier alpha value is -0.800. The molecule has 1 aromatic heterocycles. The SMILES string of the molecule is CCn1cccc1CNCCCN1CCCC1. The monoisotopic (exact) mass is 235 g/mol. The minimum Gasteiger partial charge on any atom is -0.351 e. The summed E-state index contributed by atoms with van der Waals surface area (Å²) in [7, 11) is 0. The maximum atomic E-state index is 3.54. The lowest BCUT2D eigenvalue weighted by molar-refractivity contribution is 0.330. The van der Waals surface area contributed by atoms with Crippen molar-refractivity contribution in [1.29, 1.82) is 0 Å². The molecule has 3 heteroatoms. The van der Waals surface area contributed by atoms with Gasteiger partial charge in [-0.05, 0) is 64.5 Å². The number of hydrogen-bond donors (Lipinski definition) is 1. The smallest absolute Gasteiger partial charge is 0.0359 e. The second kappa shape index (κ2) is 6.82. The normalized spacial score (nSPS) is 16.8. The minimum atomic E-state index is 1.00. The molecule has 0 aromatic carbocycles. The van der Waals surface area contributed by atoms with Gasteiger partial charge < -0.3 is 14.8 Å². The van der Waals surface area contributed by atoms with Crippen LogP contribution in [-0.2, 0) is 13.1 Å². The Bertz CT molecular complexity index is 313. The van der Waals surface area contributed by atoms with E-state index >= 15 is 0 Å². The van der Waals surface area contributed by atoms with E-state index in [9.17, 15) is 0 Å². The van der Waals surface area contributed by atoms with E-state index in [-0.39, 0.29) is 0 Å². The van der Waals surface area contributed by atoms with Gasteiger partial charge in [-0.1, -0.05) is 0 Å². The minimum absolute atomic E-state index is 1.00. The fraction of sp³-hybridized carbons (Fsp3) is 0.714. The highest BCUT2D eigenvalue weighted by molar-refractivity contribution is 5.06. The topological polar surface area (TPSA) is 20.2 Å². The molecule has 1 aromatic rings. The molecule has 2 rings (SSSR count). The Morgan fingerprint density at radius 3 is 2.88 bits per heavy atom. The molecule has 17 heavy (non-hydrogen) atoms. The molecule has 96 valence electrons. The maximum absolute atomic E-state index is 3.54. The van der Waals surface area contributed by atoms with Crippen molar-refractivity contribution < 1.29 is 0 Å². The highest BCUT2D eigenvalue weighted by atomic mass is 15.1. The summed E-state index contributed by atoms with van der Waals surface area (Å²) < 4.78 is 2.30. The van der Waals surface area contributed by atoms with Crippen LogP contribution < -0.4 is 5.32 Å². The fourth-order valence-electron chi connectivity index (χ4n) is 2.57. The van der Waals surface area contributed by atoms with Crippen molar-refractivity contribution in [3.8, 4) is 0 Å². The van der Waals surface area contributed by atoms with Gasteiger partial charge in [0.2, 0.25) is 0 Å². The lowest BCUT2D eigenvalue weighted by atomic mass is 10.3. The molecule has 0 aliphatic carbocycles. The van der Waals surface area contributed by atoms with Crippen LogP contribution in [0.2, 0.25) is 0 Å². The van der Waals surface area contributed by atoms with Crippen molar-refractivity contribution in [3.63, 3.8) is 0 Å². The van der Waals surface area contributed by atoms with Crippen molar-refractivity contribution in [1.82, 2.24) is 14.8 Å². The van der Waals surface area contributed by atoms with E-state index in [4.69, 9.17) is 0 Å². The summed E-state index contributed by atoms with van der Waals surface area (Å²) >= 11 is 0. The first kappa shape index (κ1) is 12.7. The van der Waals surface area contributed by atoms with E-state index in [1.54, 1.807) is 0 Å². The van der Waals surface area contributed by atoms with Crippen LogP contribution in [0.3, 0.4) is 0 Å². The molecule has 0 amide bonds. The molecular weight excluding hydrogens is 210 g/mol. The molecule has 0 bridgehead atoms. The third kappa shape index (κ3) is 3.86. The van der Waals surface area contributed by atoms with Crippen molar-refractivity contribution in [2.75, 3.05) is 26.2 Å². The van der Waals surface area contributed by atoms with Crippen LogP contribution in [0.5, 0.6) is 0 Å². The maximum Gasteiger partial charge on any atom is 0.0359 e. The lowest BCUT2D eigenvalue weighted by Crippen LogP contribution is -2.25. The molecule has 0 spiro atoms. The fourth-order valence-corrected chi connectivity index (χ4v) is 2.57.